The summed E-state index contributed by atoms with van der Waals surface area (Å²) in [6.45, 7) is 7.19. The summed E-state index contributed by atoms with van der Waals surface area (Å²) >= 11 is 0. The first-order valence-electron chi connectivity index (χ1n) is 11.0. The lowest BCUT2D eigenvalue weighted by molar-refractivity contribution is -0.140. The number of aryl methyl sites for hydroxylation is 1. The van der Waals surface area contributed by atoms with Gasteiger partial charge in [0.2, 0.25) is 0 Å². The Morgan fingerprint density at radius 3 is 2.45 bits per heavy atom. The molecule has 1 atom stereocenters. The van der Waals surface area contributed by atoms with Crippen LogP contribution in [-0.2, 0) is 14.3 Å². The molecule has 2 aromatic rings. The molecule has 1 aliphatic rings. The minimum absolute atomic E-state index is 0.0146. The van der Waals surface area contributed by atoms with Crippen LogP contribution in [0.15, 0.2) is 48.0 Å². The average molecular weight is 456 g/mol. The number of ether oxygens (including phenoxy) is 2. The standard InChI is InChI=1S/C26H30FNO5/c1-16(2)15-33-21-11-8-19(14-17(21)3)24(29)22-23(18-6-9-20(27)10-7-18)28(12-5-13-32-4)26(31)25(22)30/h6-11,14,16,23,29H,5,12-13,15H2,1-4H3/b24-22+/t23-/m1/s1. The summed E-state index contributed by atoms with van der Waals surface area (Å²) in [7, 11) is 1.56. The Bertz CT molecular complexity index is 1050. The molecule has 1 fully saturated rings. The summed E-state index contributed by atoms with van der Waals surface area (Å²) < 4.78 is 24.4. The van der Waals surface area contributed by atoms with E-state index in [1.807, 2.05) is 6.92 Å². The molecule has 0 spiro atoms. The molecule has 0 unspecified atom stereocenters. The zero-order chi connectivity index (χ0) is 24.1. The molecule has 176 valence electrons. The van der Waals surface area contributed by atoms with Crippen LogP contribution in [0.5, 0.6) is 5.75 Å². The van der Waals surface area contributed by atoms with Crippen LogP contribution in [0.25, 0.3) is 5.76 Å². The molecule has 0 radical (unpaired) electrons. The number of aliphatic hydroxyl groups is 1. The number of carbonyl (C=O) groups is 2. The van der Waals surface area contributed by atoms with Crippen LogP contribution in [0.1, 0.15) is 43.0 Å². The van der Waals surface area contributed by atoms with Gasteiger partial charge in [-0.05, 0) is 60.7 Å². The molecular weight excluding hydrogens is 425 g/mol. The number of hydrogen-bond acceptors (Lipinski definition) is 5. The highest BCUT2D eigenvalue weighted by Gasteiger charge is 2.45. The largest absolute Gasteiger partial charge is 0.507 e. The van der Waals surface area contributed by atoms with Crippen molar-refractivity contribution in [3.05, 3.63) is 70.5 Å². The number of rotatable bonds is 9. The van der Waals surface area contributed by atoms with Crippen molar-refractivity contribution in [1.82, 2.24) is 4.90 Å². The third-order valence-electron chi connectivity index (χ3n) is 5.49. The van der Waals surface area contributed by atoms with Crippen molar-refractivity contribution >= 4 is 17.4 Å². The number of ketones is 1. The summed E-state index contributed by atoms with van der Waals surface area (Å²) in [5, 5.41) is 11.2. The van der Waals surface area contributed by atoms with Crippen molar-refractivity contribution in [2.24, 2.45) is 5.92 Å². The third-order valence-corrected chi connectivity index (χ3v) is 5.49. The molecular formula is C26H30FNO5. The molecule has 0 saturated carbocycles. The molecule has 3 rings (SSSR count). The number of nitrogens with zero attached hydrogens (tertiary/aromatic N) is 1. The SMILES string of the molecule is COCCCN1C(=O)C(=O)/C(=C(/O)c2ccc(OCC(C)C)c(C)c2)[C@H]1c1ccc(F)cc1. The number of aliphatic hydroxyl groups excluding tert-OH is 1. The van der Waals surface area contributed by atoms with Crippen molar-refractivity contribution < 1.29 is 28.6 Å². The second-order valence-electron chi connectivity index (χ2n) is 8.58. The third kappa shape index (κ3) is 5.42. The van der Waals surface area contributed by atoms with Gasteiger partial charge in [-0.2, -0.15) is 0 Å². The number of carbonyl (C=O) groups excluding carboxylic acids is 2. The molecule has 1 saturated heterocycles. The normalized spacial score (nSPS) is 17.8. The lowest BCUT2D eigenvalue weighted by Crippen LogP contribution is -2.31. The molecule has 33 heavy (non-hydrogen) atoms. The van der Waals surface area contributed by atoms with Crippen LogP contribution in [0.3, 0.4) is 0 Å². The molecule has 0 aromatic heterocycles. The van der Waals surface area contributed by atoms with E-state index in [2.05, 4.69) is 13.8 Å². The maximum atomic E-state index is 13.6. The number of benzene rings is 2. The average Bonchev–Trinajstić information content (AvgIpc) is 3.03. The van der Waals surface area contributed by atoms with Gasteiger partial charge in [-0.3, -0.25) is 9.59 Å². The van der Waals surface area contributed by atoms with Gasteiger partial charge in [0.15, 0.2) is 0 Å². The molecule has 1 aliphatic heterocycles. The first-order chi connectivity index (χ1) is 15.7. The minimum atomic E-state index is -0.820. The zero-order valence-electron chi connectivity index (χ0n) is 19.4. The predicted octanol–water partition coefficient (Wildman–Crippen LogP) is 4.63. The fourth-order valence-electron chi connectivity index (χ4n) is 3.85. The Morgan fingerprint density at radius 1 is 1.15 bits per heavy atom. The fraction of sp³-hybridized carbons (Fsp3) is 0.385. The predicted molar refractivity (Wildman–Crippen MR) is 123 cm³/mol. The van der Waals surface area contributed by atoms with Gasteiger partial charge in [-0.15, -0.1) is 0 Å². The lowest BCUT2D eigenvalue weighted by Gasteiger charge is -2.25. The van der Waals surface area contributed by atoms with Crippen LogP contribution in [0.4, 0.5) is 4.39 Å². The smallest absolute Gasteiger partial charge is 0.295 e. The number of hydrogen-bond donors (Lipinski definition) is 1. The molecule has 1 N–H and O–H groups in total. The summed E-state index contributed by atoms with van der Waals surface area (Å²) in [6.07, 6.45) is 0.516. The van der Waals surface area contributed by atoms with E-state index in [0.29, 0.717) is 42.4 Å². The van der Waals surface area contributed by atoms with Gasteiger partial charge in [0.25, 0.3) is 11.7 Å². The van der Waals surface area contributed by atoms with Gasteiger partial charge in [0, 0.05) is 25.8 Å². The van der Waals surface area contributed by atoms with Crippen LogP contribution < -0.4 is 4.74 Å². The number of Topliss-reactive ketones (excluding diaryl/α,β-unsaturated/α-hetero) is 1. The molecule has 1 heterocycles. The monoisotopic (exact) mass is 455 g/mol. The Labute approximate surface area is 193 Å². The van der Waals surface area contributed by atoms with E-state index in [9.17, 15) is 19.1 Å². The van der Waals surface area contributed by atoms with E-state index in [-0.39, 0.29) is 17.9 Å². The molecule has 6 nitrogen and oxygen atoms in total. The Morgan fingerprint density at radius 2 is 1.85 bits per heavy atom. The van der Waals surface area contributed by atoms with Gasteiger partial charge in [-0.25, -0.2) is 4.39 Å². The molecule has 0 aliphatic carbocycles. The van der Waals surface area contributed by atoms with Gasteiger partial charge >= 0.3 is 0 Å². The van der Waals surface area contributed by atoms with E-state index in [1.54, 1.807) is 25.3 Å². The number of likely N-dealkylation sites (tertiary alicyclic amines) is 1. The highest BCUT2D eigenvalue weighted by atomic mass is 19.1. The van der Waals surface area contributed by atoms with E-state index < -0.39 is 23.5 Å². The second-order valence-corrected chi connectivity index (χ2v) is 8.58. The quantitative estimate of drug-likeness (QED) is 0.258. The molecule has 0 bridgehead atoms. The number of methoxy groups -OCH3 is 1. The summed E-state index contributed by atoms with van der Waals surface area (Å²) in [5.41, 5.74) is 1.74. The van der Waals surface area contributed by atoms with Crippen molar-refractivity contribution in [2.75, 3.05) is 26.9 Å². The summed E-state index contributed by atoms with van der Waals surface area (Å²) in [5.74, 6) is -1.11. The van der Waals surface area contributed by atoms with Crippen molar-refractivity contribution in [1.29, 1.82) is 0 Å². The van der Waals surface area contributed by atoms with E-state index in [0.717, 1.165) is 5.56 Å². The van der Waals surface area contributed by atoms with E-state index in [1.165, 1.54) is 29.2 Å². The number of halogens is 1. The maximum Gasteiger partial charge on any atom is 0.295 e. The van der Waals surface area contributed by atoms with Gasteiger partial charge in [-0.1, -0.05) is 26.0 Å². The van der Waals surface area contributed by atoms with Crippen LogP contribution in [0, 0.1) is 18.7 Å². The Balaban J connectivity index is 2.04. The first kappa shape index (κ1) is 24.5. The van der Waals surface area contributed by atoms with Gasteiger partial charge in [0.05, 0.1) is 18.2 Å². The van der Waals surface area contributed by atoms with Crippen LogP contribution in [0.2, 0.25) is 0 Å². The zero-order valence-corrected chi connectivity index (χ0v) is 19.4. The van der Waals surface area contributed by atoms with Crippen molar-refractivity contribution in [3.8, 4) is 5.75 Å². The summed E-state index contributed by atoms with van der Waals surface area (Å²) in [6, 6.07) is 9.91. The van der Waals surface area contributed by atoms with Crippen molar-refractivity contribution in [2.45, 2.75) is 33.2 Å². The topological polar surface area (TPSA) is 76.1 Å². The van der Waals surface area contributed by atoms with Crippen LogP contribution in [-0.4, -0.2) is 48.6 Å². The van der Waals surface area contributed by atoms with Gasteiger partial charge in [0.1, 0.15) is 17.3 Å². The Hall–Kier alpha value is -3.19. The minimum Gasteiger partial charge on any atom is -0.507 e. The highest BCUT2D eigenvalue weighted by molar-refractivity contribution is 6.46. The van der Waals surface area contributed by atoms with E-state index in [4.69, 9.17) is 9.47 Å². The molecule has 7 heteroatoms. The second kappa shape index (κ2) is 10.6. The van der Waals surface area contributed by atoms with Gasteiger partial charge < -0.3 is 19.5 Å². The molecule has 2 aromatic carbocycles. The highest BCUT2D eigenvalue weighted by Crippen LogP contribution is 2.40. The van der Waals surface area contributed by atoms with Crippen molar-refractivity contribution in [3.63, 3.8) is 0 Å². The molecule has 1 amide bonds. The maximum absolute atomic E-state index is 13.6. The lowest BCUT2D eigenvalue weighted by atomic mass is 9.94. The fourth-order valence-corrected chi connectivity index (χ4v) is 3.85. The van der Waals surface area contributed by atoms with E-state index >= 15 is 0 Å². The summed E-state index contributed by atoms with van der Waals surface area (Å²) in [4.78, 5) is 27.3. The van der Waals surface area contributed by atoms with Crippen LogP contribution >= 0.6 is 0 Å². The first-order valence-corrected chi connectivity index (χ1v) is 11.0. The Kier molecular flexibility index (Phi) is 7.87. The number of amides is 1.